The molecular weight excluding hydrogens is 324 g/mol. The fourth-order valence-corrected chi connectivity index (χ4v) is 2.17. The van der Waals surface area contributed by atoms with E-state index in [0.29, 0.717) is 17.3 Å². The number of carbonyl (C=O) groups excluding carboxylic acids is 2. The summed E-state index contributed by atoms with van der Waals surface area (Å²) in [7, 11) is 1.58. The molecule has 9 nitrogen and oxygen atoms in total. The third-order valence-corrected chi connectivity index (χ3v) is 3.45. The number of aromatic nitrogens is 2. The van der Waals surface area contributed by atoms with E-state index in [-0.39, 0.29) is 12.1 Å². The number of benzene rings is 1. The summed E-state index contributed by atoms with van der Waals surface area (Å²) in [5.41, 5.74) is 6.47. The Kier molecular flexibility index (Phi) is 4.55. The third-order valence-electron chi connectivity index (χ3n) is 3.45. The molecule has 25 heavy (non-hydrogen) atoms. The molecule has 1 aliphatic heterocycles. The minimum atomic E-state index is -0.507. The van der Waals surface area contributed by atoms with Gasteiger partial charge in [-0.3, -0.25) is 10.2 Å². The summed E-state index contributed by atoms with van der Waals surface area (Å²) >= 11 is 0. The lowest BCUT2D eigenvalue weighted by Crippen LogP contribution is -2.54. The van der Waals surface area contributed by atoms with Crippen molar-refractivity contribution < 1.29 is 14.3 Å². The van der Waals surface area contributed by atoms with Crippen molar-refractivity contribution in [2.75, 3.05) is 13.7 Å². The standard InChI is InChI=1S/C16H16N6O3/c1-10-9-22(16(24)20-19-10)21-15(23)12-7-17-14(18-8-12)11-4-3-5-13(6-11)25-2/h3-8H,9H2,1-2H3,(H,20,24)(H,21,23). The van der Waals surface area contributed by atoms with Crippen LogP contribution in [0, 0.1) is 0 Å². The quantitative estimate of drug-likeness (QED) is 0.869. The van der Waals surface area contributed by atoms with E-state index in [9.17, 15) is 9.59 Å². The number of carbonyl (C=O) groups is 2. The van der Waals surface area contributed by atoms with E-state index in [1.54, 1.807) is 20.1 Å². The number of urea groups is 1. The number of nitrogens with zero attached hydrogens (tertiary/aromatic N) is 4. The first-order chi connectivity index (χ1) is 12.1. The highest BCUT2D eigenvalue weighted by Crippen LogP contribution is 2.20. The van der Waals surface area contributed by atoms with Gasteiger partial charge in [0.05, 0.1) is 24.9 Å². The first kappa shape index (κ1) is 16.4. The van der Waals surface area contributed by atoms with Crippen LogP contribution in [0.25, 0.3) is 11.4 Å². The average Bonchev–Trinajstić information content (AvgIpc) is 2.65. The Balaban J connectivity index is 1.72. The van der Waals surface area contributed by atoms with E-state index in [1.165, 1.54) is 12.4 Å². The van der Waals surface area contributed by atoms with E-state index in [2.05, 4.69) is 25.9 Å². The fourth-order valence-electron chi connectivity index (χ4n) is 2.17. The van der Waals surface area contributed by atoms with Crippen molar-refractivity contribution in [2.45, 2.75) is 6.92 Å². The second kappa shape index (κ2) is 6.95. The molecule has 3 amide bonds. The van der Waals surface area contributed by atoms with Gasteiger partial charge in [-0.25, -0.2) is 25.2 Å². The van der Waals surface area contributed by atoms with Gasteiger partial charge < -0.3 is 4.74 Å². The summed E-state index contributed by atoms with van der Waals surface area (Å²) in [5, 5.41) is 4.93. The molecule has 3 rings (SSSR count). The third kappa shape index (κ3) is 3.71. The molecule has 0 spiro atoms. The van der Waals surface area contributed by atoms with Crippen LogP contribution < -0.4 is 15.6 Å². The smallest absolute Gasteiger partial charge is 0.356 e. The molecular formula is C16H16N6O3. The van der Waals surface area contributed by atoms with Gasteiger partial charge in [0.2, 0.25) is 0 Å². The normalized spacial score (nSPS) is 13.8. The van der Waals surface area contributed by atoms with E-state index >= 15 is 0 Å². The van der Waals surface area contributed by atoms with E-state index in [0.717, 1.165) is 10.6 Å². The largest absolute Gasteiger partial charge is 0.497 e. The molecule has 0 saturated carbocycles. The number of hydrogen-bond acceptors (Lipinski definition) is 6. The topological polar surface area (TPSA) is 109 Å². The van der Waals surface area contributed by atoms with Crippen LogP contribution in [-0.4, -0.2) is 46.3 Å². The maximum atomic E-state index is 12.2. The summed E-state index contributed by atoms with van der Waals surface area (Å²) in [4.78, 5) is 32.3. The Morgan fingerprint density at radius 2 is 2.08 bits per heavy atom. The predicted molar refractivity (Wildman–Crippen MR) is 89.8 cm³/mol. The first-order valence-electron chi connectivity index (χ1n) is 7.45. The monoisotopic (exact) mass is 340 g/mol. The van der Waals surface area contributed by atoms with Crippen LogP contribution in [0.3, 0.4) is 0 Å². The molecule has 128 valence electrons. The minimum absolute atomic E-state index is 0.209. The van der Waals surface area contributed by atoms with Crippen LogP contribution >= 0.6 is 0 Å². The van der Waals surface area contributed by atoms with Crippen LogP contribution in [0.15, 0.2) is 41.8 Å². The van der Waals surface area contributed by atoms with Gasteiger partial charge in [-0.15, -0.1) is 0 Å². The fraction of sp³-hybridized carbons (Fsp3) is 0.188. The van der Waals surface area contributed by atoms with Crippen molar-refractivity contribution in [3.8, 4) is 17.1 Å². The van der Waals surface area contributed by atoms with Gasteiger partial charge in [0.15, 0.2) is 5.82 Å². The average molecular weight is 340 g/mol. The zero-order valence-electron chi connectivity index (χ0n) is 13.7. The molecule has 0 fully saturated rings. The Labute approximate surface area is 143 Å². The lowest BCUT2D eigenvalue weighted by molar-refractivity contribution is 0.0838. The van der Waals surface area contributed by atoms with Crippen molar-refractivity contribution in [3.05, 3.63) is 42.2 Å². The summed E-state index contributed by atoms with van der Waals surface area (Å²) in [6, 6.07) is 6.79. The molecule has 2 aromatic rings. The van der Waals surface area contributed by atoms with Crippen molar-refractivity contribution in [1.82, 2.24) is 25.8 Å². The molecule has 1 aromatic heterocycles. The molecule has 0 aliphatic carbocycles. The van der Waals surface area contributed by atoms with Crippen LogP contribution in [0.2, 0.25) is 0 Å². The number of hydrazine groups is 1. The zero-order chi connectivity index (χ0) is 17.8. The van der Waals surface area contributed by atoms with Crippen LogP contribution in [0.1, 0.15) is 17.3 Å². The van der Waals surface area contributed by atoms with Crippen molar-refractivity contribution >= 4 is 17.6 Å². The Hall–Kier alpha value is -3.49. The lowest BCUT2D eigenvalue weighted by Gasteiger charge is -2.25. The van der Waals surface area contributed by atoms with Crippen molar-refractivity contribution in [3.63, 3.8) is 0 Å². The molecule has 9 heteroatoms. The second-order valence-electron chi connectivity index (χ2n) is 5.32. The van der Waals surface area contributed by atoms with Gasteiger partial charge in [-0.2, -0.15) is 5.10 Å². The number of hydrogen-bond donors (Lipinski definition) is 2. The van der Waals surface area contributed by atoms with Gasteiger partial charge in [-0.1, -0.05) is 12.1 Å². The van der Waals surface area contributed by atoms with Crippen molar-refractivity contribution in [1.29, 1.82) is 0 Å². The number of nitrogens with one attached hydrogen (secondary N) is 2. The first-order valence-corrected chi connectivity index (χ1v) is 7.45. The molecule has 0 radical (unpaired) electrons. The minimum Gasteiger partial charge on any atom is -0.497 e. The Morgan fingerprint density at radius 3 is 2.80 bits per heavy atom. The molecule has 2 heterocycles. The molecule has 0 bridgehead atoms. The molecule has 2 N–H and O–H groups in total. The Morgan fingerprint density at radius 1 is 1.32 bits per heavy atom. The second-order valence-corrected chi connectivity index (χ2v) is 5.32. The number of methoxy groups -OCH3 is 1. The number of amides is 3. The summed E-state index contributed by atoms with van der Waals surface area (Å²) in [6.45, 7) is 1.95. The van der Waals surface area contributed by atoms with Gasteiger partial charge in [0.25, 0.3) is 5.91 Å². The van der Waals surface area contributed by atoms with Gasteiger partial charge >= 0.3 is 6.03 Å². The molecule has 1 aliphatic rings. The summed E-state index contributed by atoms with van der Waals surface area (Å²) in [6.07, 6.45) is 2.81. The highest BCUT2D eigenvalue weighted by molar-refractivity contribution is 5.97. The van der Waals surface area contributed by atoms with E-state index < -0.39 is 11.9 Å². The molecule has 0 unspecified atom stereocenters. The molecule has 0 saturated heterocycles. The van der Waals surface area contributed by atoms with Crippen LogP contribution in [0.5, 0.6) is 5.75 Å². The van der Waals surface area contributed by atoms with Gasteiger partial charge in [-0.05, 0) is 19.1 Å². The highest BCUT2D eigenvalue weighted by Gasteiger charge is 2.21. The van der Waals surface area contributed by atoms with Gasteiger partial charge in [0, 0.05) is 18.0 Å². The maximum absolute atomic E-state index is 12.2. The van der Waals surface area contributed by atoms with Crippen LogP contribution in [-0.2, 0) is 0 Å². The molecule has 1 aromatic carbocycles. The highest BCUT2D eigenvalue weighted by atomic mass is 16.5. The zero-order valence-corrected chi connectivity index (χ0v) is 13.7. The van der Waals surface area contributed by atoms with Crippen molar-refractivity contribution in [2.24, 2.45) is 5.10 Å². The van der Waals surface area contributed by atoms with E-state index in [1.807, 2.05) is 18.2 Å². The predicted octanol–water partition coefficient (Wildman–Crippen LogP) is 1.20. The number of hydrazone groups is 1. The van der Waals surface area contributed by atoms with Crippen LogP contribution in [0.4, 0.5) is 4.79 Å². The molecule has 0 atom stereocenters. The summed E-state index contributed by atoms with van der Waals surface area (Å²) in [5.74, 6) is 0.673. The number of rotatable bonds is 4. The maximum Gasteiger partial charge on any atom is 0.356 e. The summed E-state index contributed by atoms with van der Waals surface area (Å²) < 4.78 is 5.17. The SMILES string of the molecule is COc1cccc(-c2ncc(C(=O)NN3CC(C)=NNC3=O)cn2)c1. The van der Waals surface area contributed by atoms with E-state index in [4.69, 9.17) is 4.74 Å². The number of ether oxygens (including phenoxy) is 1. The lowest BCUT2D eigenvalue weighted by atomic mass is 10.2. The van der Waals surface area contributed by atoms with Gasteiger partial charge in [0.1, 0.15) is 5.75 Å². The Bertz CT molecular complexity index is 834.